The van der Waals surface area contributed by atoms with Crippen LogP contribution in [0.2, 0.25) is 0 Å². The van der Waals surface area contributed by atoms with Crippen LogP contribution < -0.4 is 4.74 Å². The van der Waals surface area contributed by atoms with E-state index in [0.717, 1.165) is 42.7 Å². The van der Waals surface area contributed by atoms with Gasteiger partial charge in [-0.05, 0) is 31.7 Å². The molecule has 0 unspecified atom stereocenters. The molecule has 2 aliphatic rings. The normalized spacial score (nSPS) is 21.8. The number of rotatable bonds is 5. The van der Waals surface area contributed by atoms with Crippen LogP contribution in [0, 0.1) is 0 Å². The maximum absolute atomic E-state index is 11.7. The highest BCUT2D eigenvalue weighted by Gasteiger charge is 2.22. The molecule has 0 amide bonds. The van der Waals surface area contributed by atoms with Crippen molar-refractivity contribution in [3.63, 3.8) is 0 Å². The third-order valence-corrected chi connectivity index (χ3v) is 3.82. The zero-order valence-corrected chi connectivity index (χ0v) is 11.6. The summed E-state index contributed by atoms with van der Waals surface area (Å²) in [5.74, 6) is 1.04. The van der Waals surface area contributed by atoms with Gasteiger partial charge in [0.2, 0.25) is 0 Å². The van der Waals surface area contributed by atoms with Gasteiger partial charge >= 0.3 is 0 Å². The first-order valence-electron chi connectivity index (χ1n) is 7.36. The lowest BCUT2D eigenvalue weighted by Gasteiger charge is -2.22. The Balaban J connectivity index is 1.48. The third-order valence-electron chi connectivity index (χ3n) is 3.82. The van der Waals surface area contributed by atoms with Gasteiger partial charge in [-0.1, -0.05) is 12.1 Å². The number of carbonyl (C=O) groups excluding carboxylic acids is 1. The third kappa shape index (κ3) is 3.02. The van der Waals surface area contributed by atoms with Crippen LogP contribution in [0.1, 0.15) is 41.6 Å². The van der Waals surface area contributed by atoms with E-state index in [2.05, 4.69) is 0 Å². The topological polar surface area (TPSA) is 44.8 Å². The Morgan fingerprint density at radius 2 is 2.15 bits per heavy atom. The van der Waals surface area contributed by atoms with Crippen LogP contribution in [-0.4, -0.2) is 31.9 Å². The lowest BCUT2D eigenvalue weighted by Crippen LogP contribution is -2.24. The van der Waals surface area contributed by atoms with E-state index < -0.39 is 0 Å². The summed E-state index contributed by atoms with van der Waals surface area (Å²) in [5, 5.41) is 0. The number of hydrogen-bond donors (Lipinski definition) is 0. The molecular weight excluding hydrogens is 256 g/mol. The molecule has 3 rings (SSSR count). The number of benzene rings is 1. The molecule has 108 valence electrons. The largest absolute Gasteiger partial charge is 0.491 e. The lowest BCUT2D eigenvalue weighted by molar-refractivity contribution is -0.165. The smallest absolute Gasteiger partial charge is 0.163 e. The summed E-state index contributed by atoms with van der Waals surface area (Å²) >= 11 is 0. The molecule has 1 fully saturated rings. The Morgan fingerprint density at radius 1 is 1.20 bits per heavy atom. The van der Waals surface area contributed by atoms with Gasteiger partial charge in [0.25, 0.3) is 0 Å². The highest BCUT2D eigenvalue weighted by atomic mass is 16.7. The number of ether oxygens (including phenoxy) is 3. The second kappa shape index (κ2) is 6.37. The second-order valence-electron chi connectivity index (χ2n) is 5.22. The Labute approximate surface area is 119 Å². The summed E-state index contributed by atoms with van der Waals surface area (Å²) in [4.78, 5) is 11.7. The SMILES string of the molecule is O=C1CCc2c(OCCO[C@@H]3CCCCO3)cccc21. The van der Waals surface area contributed by atoms with Crippen molar-refractivity contribution in [2.45, 2.75) is 38.4 Å². The molecule has 1 atom stereocenters. The fourth-order valence-corrected chi connectivity index (χ4v) is 2.77. The van der Waals surface area contributed by atoms with Gasteiger partial charge in [0.15, 0.2) is 12.1 Å². The zero-order chi connectivity index (χ0) is 13.8. The van der Waals surface area contributed by atoms with Gasteiger partial charge in [0.1, 0.15) is 12.4 Å². The van der Waals surface area contributed by atoms with Gasteiger partial charge in [0, 0.05) is 24.2 Å². The van der Waals surface area contributed by atoms with Crippen molar-refractivity contribution in [2.75, 3.05) is 19.8 Å². The average Bonchev–Trinajstić information content (AvgIpc) is 2.87. The van der Waals surface area contributed by atoms with Crippen LogP contribution in [0.25, 0.3) is 0 Å². The zero-order valence-electron chi connectivity index (χ0n) is 11.6. The second-order valence-corrected chi connectivity index (χ2v) is 5.22. The van der Waals surface area contributed by atoms with Crippen molar-refractivity contribution in [1.29, 1.82) is 0 Å². The van der Waals surface area contributed by atoms with E-state index in [1.165, 1.54) is 6.42 Å². The molecule has 0 N–H and O–H groups in total. The van der Waals surface area contributed by atoms with Gasteiger partial charge in [-0.15, -0.1) is 0 Å². The Morgan fingerprint density at radius 3 is 3.00 bits per heavy atom. The average molecular weight is 276 g/mol. The Kier molecular flexibility index (Phi) is 4.33. The molecule has 4 heteroatoms. The summed E-state index contributed by atoms with van der Waals surface area (Å²) < 4.78 is 16.9. The summed E-state index contributed by atoms with van der Waals surface area (Å²) in [6.45, 7) is 1.80. The fraction of sp³-hybridized carbons (Fsp3) is 0.562. The number of fused-ring (bicyclic) bond motifs is 1. The molecule has 1 saturated heterocycles. The summed E-state index contributed by atoms with van der Waals surface area (Å²) in [7, 11) is 0. The Hall–Kier alpha value is -1.39. The van der Waals surface area contributed by atoms with Gasteiger partial charge in [-0.3, -0.25) is 4.79 Å². The summed E-state index contributed by atoms with van der Waals surface area (Å²) in [5.41, 5.74) is 1.87. The minimum absolute atomic E-state index is 0.0737. The molecule has 1 aromatic carbocycles. The number of ketones is 1. The quantitative estimate of drug-likeness (QED) is 0.776. The van der Waals surface area contributed by atoms with E-state index in [1.54, 1.807) is 0 Å². The molecule has 1 aliphatic carbocycles. The van der Waals surface area contributed by atoms with Crippen LogP contribution in [0.4, 0.5) is 0 Å². The van der Waals surface area contributed by atoms with Crippen LogP contribution in [-0.2, 0) is 15.9 Å². The summed E-state index contributed by atoms with van der Waals surface area (Å²) in [6.07, 6.45) is 4.57. The van der Waals surface area contributed by atoms with Gasteiger partial charge in [-0.2, -0.15) is 0 Å². The molecule has 1 heterocycles. The molecule has 0 radical (unpaired) electrons. The van der Waals surface area contributed by atoms with Gasteiger partial charge in [0.05, 0.1) is 6.61 Å². The maximum atomic E-state index is 11.7. The van der Waals surface area contributed by atoms with E-state index >= 15 is 0 Å². The molecule has 20 heavy (non-hydrogen) atoms. The molecule has 0 saturated carbocycles. The summed E-state index contributed by atoms with van der Waals surface area (Å²) in [6, 6.07) is 5.68. The van der Waals surface area contributed by atoms with E-state index in [1.807, 2.05) is 18.2 Å². The molecule has 0 spiro atoms. The lowest BCUT2D eigenvalue weighted by atomic mass is 10.1. The molecule has 1 aromatic rings. The van der Waals surface area contributed by atoms with Crippen LogP contribution in [0.5, 0.6) is 5.75 Å². The van der Waals surface area contributed by atoms with Crippen molar-refractivity contribution < 1.29 is 19.0 Å². The van der Waals surface area contributed by atoms with E-state index in [-0.39, 0.29) is 12.1 Å². The van der Waals surface area contributed by atoms with E-state index in [9.17, 15) is 4.79 Å². The molecule has 0 bridgehead atoms. The molecule has 0 aromatic heterocycles. The van der Waals surface area contributed by atoms with E-state index in [4.69, 9.17) is 14.2 Å². The van der Waals surface area contributed by atoms with Crippen molar-refractivity contribution in [3.05, 3.63) is 29.3 Å². The highest BCUT2D eigenvalue weighted by Crippen LogP contribution is 2.30. The minimum Gasteiger partial charge on any atom is -0.491 e. The first-order chi connectivity index (χ1) is 9.84. The van der Waals surface area contributed by atoms with Crippen molar-refractivity contribution in [1.82, 2.24) is 0 Å². The standard InChI is InChI=1S/C16H20O4/c17-14-8-7-13-12(14)4-3-5-15(13)18-10-11-20-16-6-1-2-9-19-16/h3-5,16H,1-2,6-11H2/t16-/m1/s1. The highest BCUT2D eigenvalue weighted by molar-refractivity contribution is 6.01. The molecule has 1 aliphatic heterocycles. The van der Waals surface area contributed by atoms with E-state index in [0.29, 0.717) is 19.6 Å². The van der Waals surface area contributed by atoms with Crippen molar-refractivity contribution >= 4 is 5.78 Å². The van der Waals surface area contributed by atoms with Gasteiger partial charge in [-0.25, -0.2) is 0 Å². The number of hydrogen-bond acceptors (Lipinski definition) is 4. The van der Waals surface area contributed by atoms with Crippen LogP contribution in [0.15, 0.2) is 18.2 Å². The predicted octanol–water partition coefficient (Wildman–Crippen LogP) is 2.74. The first kappa shape index (κ1) is 13.6. The van der Waals surface area contributed by atoms with Crippen LogP contribution in [0.3, 0.4) is 0 Å². The monoisotopic (exact) mass is 276 g/mol. The van der Waals surface area contributed by atoms with Gasteiger partial charge < -0.3 is 14.2 Å². The van der Waals surface area contributed by atoms with Crippen molar-refractivity contribution in [2.24, 2.45) is 0 Å². The number of Topliss-reactive ketones (excluding diaryl/α,β-unsaturated/α-hetero) is 1. The molecular formula is C16H20O4. The predicted molar refractivity (Wildman–Crippen MR) is 74.1 cm³/mol. The Bertz CT molecular complexity index is 477. The number of carbonyl (C=O) groups is 1. The first-order valence-corrected chi connectivity index (χ1v) is 7.36. The maximum Gasteiger partial charge on any atom is 0.163 e. The van der Waals surface area contributed by atoms with Crippen LogP contribution >= 0.6 is 0 Å². The minimum atomic E-state index is -0.0737. The molecule has 4 nitrogen and oxygen atoms in total. The van der Waals surface area contributed by atoms with Crippen molar-refractivity contribution in [3.8, 4) is 5.75 Å². The fourth-order valence-electron chi connectivity index (χ4n) is 2.77.